The van der Waals surface area contributed by atoms with Gasteiger partial charge in [-0.05, 0) is 49.4 Å². The second-order valence-electron chi connectivity index (χ2n) is 9.07. The summed E-state index contributed by atoms with van der Waals surface area (Å²) in [5.74, 6) is -4.44. The first-order valence-corrected chi connectivity index (χ1v) is 11.9. The van der Waals surface area contributed by atoms with Crippen molar-refractivity contribution in [1.29, 1.82) is 0 Å². The quantitative estimate of drug-likeness (QED) is 0.507. The van der Waals surface area contributed by atoms with E-state index in [0.29, 0.717) is 24.0 Å². The van der Waals surface area contributed by atoms with Crippen LogP contribution in [0.25, 0.3) is 0 Å². The number of aromatic nitrogens is 2. The van der Waals surface area contributed by atoms with Crippen molar-refractivity contribution < 1.29 is 55.7 Å². The van der Waals surface area contributed by atoms with Gasteiger partial charge in [0.25, 0.3) is 5.91 Å². The highest BCUT2D eigenvalue weighted by molar-refractivity contribution is 5.94. The largest absolute Gasteiger partial charge is 0.490 e. The zero-order valence-corrected chi connectivity index (χ0v) is 21.2. The predicted molar refractivity (Wildman–Crippen MR) is 126 cm³/mol. The molecule has 2 fully saturated rings. The lowest BCUT2D eigenvalue weighted by atomic mass is 9.79. The maximum Gasteiger partial charge on any atom is 0.490 e. The van der Waals surface area contributed by atoms with Crippen molar-refractivity contribution in [3.63, 3.8) is 0 Å². The lowest BCUT2D eigenvalue weighted by molar-refractivity contribution is -0.193. The average Bonchev–Trinajstić information content (AvgIpc) is 3.33. The maximum absolute atomic E-state index is 12.8. The fourth-order valence-electron chi connectivity index (χ4n) is 4.25. The second-order valence-corrected chi connectivity index (χ2v) is 9.07. The number of ether oxygens (including phenoxy) is 1. The number of likely N-dealkylation sites (tertiary alicyclic amines) is 1. The number of halogens is 6. The molecule has 0 spiro atoms. The number of carboxylic acid groups (broad SMARTS) is 2. The lowest BCUT2D eigenvalue weighted by Crippen LogP contribution is -2.34. The lowest BCUT2D eigenvalue weighted by Gasteiger charge is -2.32. The standard InChI is InChI=1S/C21H25N3O2.2C2HF3O2/c1-15-7-8-17(11-23-15)21(25)24-12-18-5-2-6-20(19(18)13-24)26-14-16-4-3-9-22-10-16;2*3-2(4,5)1(6)7/h3-4,7-11,18-20H,2,5-6,12-14H2,1H3;2*(H,6,7)/t18-,19+,20?;;/m1../s1. The summed E-state index contributed by atoms with van der Waals surface area (Å²) in [7, 11) is 0. The van der Waals surface area contributed by atoms with Crippen molar-refractivity contribution in [2.45, 2.75) is 51.2 Å². The number of hydrogen-bond acceptors (Lipinski definition) is 6. The highest BCUT2D eigenvalue weighted by Gasteiger charge is 2.42. The second kappa shape index (κ2) is 14.1. The van der Waals surface area contributed by atoms with Crippen LogP contribution in [0.1, 0.15) is 40.9 Å². The van der Waals surface area contributed by atoms with Gasteiger partial charge in [0.05, 0.1) is 18.3 Å². The molecule has 2 aromatic rings. The van der Waals surface area contributed by atoms with Gasteiger partial charge >= 0.3 is 24.3 Å². The van der Waals surface area contributed by atoms with Crippen LogP contribution in [-0.4, -0.2) is 74.5 Å². The SMILES string of the molecule is Cc1ccc(C(=O)N2C[C@H]3CCCC(OCc4cccnc4)[C@H]3C2)cn1.O=C(O)C(F)(F)F.O=C(O)C(F)(F)F. The smallest absolute Gasteiger partial charge is 0.475 e. The highest BCUT2D eigenvalue weighted by atomic mass is 19.4. The van der Waals surface area contributed by atoms with Gasteiger partial charge in [-0.25, -0.2) is 9.59 Å². The van der Waals surface area contributed by atoms with Crippen molar-refractivity contribution in [2.75, 3.05) is 13.1 Å². The van der Waals surface area contributed by atoms with Gasteiger partial charge in [0, 0.05) is 43.3 Å². The first-order chi connectivity index (χ1) is 18.6. The third-order valence-corrected chi connectivity index (χ3v) is 6.15. The number of aliphatic carboxylic acids is 2. The van der Waals surface area contributed by atoms with Crippen LogP contribution in [0.15, 0.2) is 42.9 Å². The normalized spacial score (nSPS) is 20.3. The van der Waals surface area contributed by atoms with Gasteiger partial charge in [0.15, 0.2) is 0 Å². The Bertz CT molecular complexity index is 1100. The van der Waals surface area contributed by atoms with E-state index in [0.717, 1.165) is 30.8 Å². The van der Waals surface area contributed by atoms with Crippen LogP contribution in [0, 0.1) is 18.8 Å². The molecule has 9 nitrogen and oxygen atoms in total. The van der Waals surface area contributed by atoms with E-state index in [1.807, 2.05) is 42.3 Å². The van der Waals surface area contributed by atoms with Crippen molar-refractivity contribution >= 4 is 17.8 Å². The summed E-state index contributed by atoms with van der Waals surface area (Å²) in [5.41, 5.74) is 2.72. The molecule has 40 heavy (non-hydrogen) atoms. The Balaban J connectivity index is 0.000000333. The topological polar surface area (TPSA) is 130 Å². The molecule has 3 heterocycles. The summed E-state index contributed by atoms with van der Waals surface area (Å²) in [4.78, 5) is 41.0. The van der Waals surface area contributed by atoms with E-state index in [1.54, 1.807) is 12.4 Å². The minimum atomic E-state index is -5.08. The van der Waals surface area contributed by atoms with E-state index in [4.69, 9.17) is 24.5 Å². The molecule has 1 aliphatic heterocycles. The molecule has 1 saturated heterocycles. The average molecular weight is 579 g/mol. The molecule has 0 radical (unpaired) electrons. The van der Waals surface area contributed by atoms with Crippen LogP contribution >= 0.6 is 0 Å². The molecule has 220 valence electrons. The Hall–Kier alpha value is -3.75. The number of fused-ring (bicyclic) bond motifs is 1. The number of rotatable bonds is 4. The number of amides is 1. The van der Waals surface area contributed by atoms with Crippen LogP contribution in [-0.2, 0) is 20.9 Å². The van der Waals surface area contributed by atoms with E-state index in [9.17, 15) is 31.1 Å². The summed E-state index contributed by atoms with van der Waals surface area (Å²) in [6, 6.07) is 7.76. The Morgan fingerprint density at radius 1 is 0.975 bits per heavy atom. The molecule has 0 bridgehead atoms. The van der Waals surface area contributed by atoms with Crippen LogP contribution in [0.4, 0.5) is 26.3 Å². The molecule has 1 amide bonds. The molecule has 2 aromatic heterocycles. The van der Waals surface area contributed by atoms with Crippen molar-refractivity contribution in [3.8, 4) is 0 Å². The summed E-state index contributed by atoms with van der Waals surface area (Å²) in [6.07, 6.45) is -1.18. The monoisotopic (exact) mass is 579 g/mol. The van der Waals surface area contributed by atoms with Gasteiger partial charge in [-0.15, -0.1) is 0 Å². The van der Waals surface area contributed by atoms with Crippen molar-refractivity contribution in [3.05, 3.63) is 59.7 Å². The Morgan fingerprint density at radius 3 is 2.10 bits per heavy atom. The number of hydrogen-bond donors (Lipinski definition) is 2. The van der Waals surface area contributed by atoms with Gasteiger partial charge in [-0.1, -0.05) is 12.5 Å². The molecule has 3 atom stereocenters. The fourth-order valence-corrected chi connectivity index (χ4v) is 4.25. The zero-order valence-electron chi connectivity index (χ0n) is 21.2. The summed E-state index contributed by atoms with van der Waals surface area (Å²) < 4.78 is 69.7. The third kappa shape index (κ3) is 10.1. The van der Waals surface area contributed by atoms with E-state index in [2.05, 4.69) is 9.97 Å². The molecule has 0 aromatic carbocycles. The first kappa shape index (κ1) is 32.5. The van der Waals surface area contributed by atoms with Gasteiger partial charge in [0.1, 0.15) is 0 Å². The van der Waals surface area contributed by atoms with Gasteiger partial charge in [0.2, 0.25) is 0 Å². The van der Waals surface area contributed by atoms with E-state index < -0.39 is 24.3 Å². The number of carbonyl (C=O) groups is 3. The predicted octanol–water partition coefficient (Wildman–Crippen LogP) is 4.51. The van der Waals surface area contributed by atoms with E-state index in [1.165, 1.54) is 12.8 Å². The number of carbonyl (C=O) groups excluding carboxylic acids is 1. The van der Waals surface area contributed by atoms with Crippen LogP contribution < -0.4 is 0 Å². The zero-order chi connectivity index (χ0) is 30.1. The van der Waals surface area contributed by atoms with Crippen LogP contribution in [0.2, 0.25) is 0 Å². The van der Waals surface area contributed by atoms with Crippen molar-refractivity contribution in [1.82, 2.24) is 14.9 Å². The van der Waals surface area contributed by atoms with Gasteiger partial charge < -0.3 is 19.8 Å². The number of alkyl halides is 6. The number of nitrogens with zero attached hydrogens (tertiary/aromatic N) is 3. The van der Waals surface area contributed by atoms with Crippen LogP contribution in [0.3, 0.4) is 0 Å². The fraction of sp³-hybridized carbons (Fsp3) is 0.480. The third-order valence-electron chi connectivity index (χ3n) is 6.15. The van der Waals surface area contributed by atoms with Gasteiger partial charge in [-0.2, -0.15) is 26.3 Å². The summed E-state index contributed by atoms with van der Waals surface area (Å²) in [5, 5.41) is 14.2. The molecule has 15 heteroatoms. The van der Waals surface area contributed by atoms with Crippen molar-refractivity contribution in [2.24, 2.45) is 11.8 Å². The molecule has 2 N–H and O–H groups in total. The molecule has 1 saturated carbocycles. The summed E-state index contributed by atoms with van der Waals surface area (Å²) >= 11 is 0. The first-order valence-electron chi connectivity index (χ1n) is 11.9. The molecule has 1 aliphatic carbocycles. The minimum Gasteiger partial charge on any atom is -0.475 e. The molecular formula is C25H27F6N3O6. The molecule has 4 rings (SSSR count). The Labute approximate surface area is 224 Å². The van der Waals surface area contributed by atoms with Gasteiger partial charge in [-0.3, -0.25) is 14.8 Å². The molecule has 2 aliphatic rings. The molecule has 1 unspecified atom stereocenters. The molecular weight excluding hydrogens is 552 g/mol. The van der Waals surface area contributed by atoms with Crippen LogP contribution in [0.5, 0.6) is 0 Å². The number of aryl methyl sites for hydroxylation is 1. The Kier molecular flexibility index (Phi) is 11.4. The Morgan fingerprint density at radius 2 is 1.60 bits per heavy atom. The van der Waals surface area contributed by atoms with E-state index in [-0.39, 0.29) is 12.0 Å². The number of pyridine rings is 2. The minimum absolute atomic E-state index is 0.0953. The highest BCUT2D eigenvalue weighted by Crippen LogP contribution is 2.38. The summed E-state index contributed by atoms with van der Waals surface area (Å²) in [6.45, 7) is 4.15. The van der Waals surface area contributed by atoms with E-state index >= 15 is 0 Å². The maximum atomic E-state index is 12.8. The number of carboxylic acids is 2.